The van der Waals surface area contributed by atoms with Crippen LogP contribution < -0.4 is 4.74 Å². The van der Waals surface area contributed by atoms with E-state index in [4.69, 9.17) is 9.15 Å². The summed E-state index contributed by atoms with van der Waals surface area (Å²) in [6.07, 6.45) is 3.82. The molecule has 0 saturated heterocycles. The molecule has 35 heavy (non-hydrogen) atoms. The molecule has 182 valence electrons. The second kappa shape index (κ2) is 11.1. The van der Waals surface area contributed by atoms with Crippen molar-refractivity contribution < 1.29 is 23.8 Å². The van der Waals surface area contributed by atoms with Gasteiger partial charge in [0.15, 0.2) is 11.5 Å². The first kappa shape index (κ1) is 24.3. The lowest BCUT2D eigenvalue weighted by atomic mass is 9.95. The summed E-state index contributed by atoms with van der Waals surface area (Å²) in [6.45, 7) is 4.88. The quantitative estimate of drug-likeness (QED) is 0.274. The van der Waals surface area contributed by atoms with Crippen LogP contribution in [0.25, 0.3) is 0 Å². The molecule has 0 fully saturated rings. The molecule has 6 heteroatoms. The number of aliphatic hydroxyl groups is 1. The number of ketones is 1. The zero-order chi connectivity index (χ0) is 24.8. The SMILES string of the molecule is CCCCCOc1ccc(C2C(C(=O)c3ccc(C)o3)=C(O)C(=O)N2CCc2ccccc2)cc1. The fourth-order valence-electron chi connectivity index (χ4n) is 4.33. The van der Waals surface area contributed by atoms with Gasteiger partial charge in [-0.25, -0.2) is 0 Å². The van der Waals surface area contributed by atoms with Gasteiger partial charge in [-0.15, -0.1) is 0 Å². The number of aryl methyl sites for hydroxylation is 1. The normalized spacial score (nSPS) is 15.7. The Morgan fingerprint density at radius 3 is 2.43 bits per heavy atom. The highest BCUT2D eigenvalue weighted by atomic mass is 16.5. The van der Waals surface area contributed by atoms with Gasteiger partial charge in [0.25, 0.3) is 5.91 Å². The molecule has 1 unspecified atom stereocenters. The molecule has 1 N–H and O–H groups in total. The van der Waals surface area contributed by atoms with Gasteiger partial charge in [-0.1, -0.05) is 62.2 Å². The smallest absolute Gasteiger partial charge is 0.290 e. The topological polar surface area (TPSA) is 80.0 Å². The predicted octanol–water partition coefficient (Wildman–Crippen LogP) is 5.98. The first-order chi connectivity index (χ1) is 17.0. The molecule has 1 aliphatic rings. The van der Waals surface area contributed by atoms with Crippen LogP contribution in [-0.4, -0.2) is 34.8 Å². The third-order valence-corrected chi connectivity index (χ3v) is 6.21. The second-order valence-corrected chi connectivity index (χ2v) is 8.76. The minimum atomic E-state index is -0.724. The van der Waals surface area contributed by atoms with E-state index in [-0.39, 0.29) is 11.3 Å². The van der Waals surface area contributed by atoms with Crippen LogP contribution in [0, 0.1) is 6.92 Å². The van der Waals surface area contributed by atoms with Crippen molar-refractivity contribution >= 4 is 11.7 Å². The van der Waals surface area contributed by atoms with E-state index < -0.39 is 23.5 Å². The Kier molecular flexibility index (Phi) is 7.70. The molecule has 1 aliphatic heterocycles. The Hall–Kier alpha value is -3.80. The summed E-state index contributed by atoms with van der Waals surface area (Å²) in [5.41, 5.74) is 1.83. The number of unbranched alkanes of at least 4 members (excludes halogenated alkanes) is 2. The third-order valence-electron chi connectivity index (χ3n) is 6.21. The van der Waals surface area contributed by atoms with Crippen LogP contribution in [0.2, 0.25) is 0 Å². The Bertz CT molecular complexity index is 1190. The van der Waals surface area contributed by atoms with Gasteiger partial charge in [0.2, 0.25) is 5.78 Å². The highest BCUT2D eigenvalue weighted by Gasteiger charge is 2.44. The molecule has 1 amide bonds. The molecule has 6 nitrogen and oxygen atoms in total. The average Bonchev–Trinajstić information content (AvgIpc) is 3.42. The molecule has 0 saturated carbocycles. The monoisotopic (exact) mass is 473 g/mol. The summed E-state index contributed by atoms with van der Waals surface area (Å²) in [5.74, 6) is -0.161. The van der Waals surface area contributed by atoms with Gasteiger partial charge in [0.1, 0.15) is 11.5 Å². The van der Waals surface area contributed by atoms with Gasteiger partial charge in [-0.3, -0.25) is 9.59 Å². The molecule has 1 aromatic heterocycles. The van der Waals surface area contributed by atoms with Crippen molar-refractivity contribution in [3.05, 3.63) is 101 Å². The minimum absolute atomic E-state index is 0.0361. The fraction of sp³-hybridized carbons (Fsp3) is 0.310. The van der Waals surface area contributed by atoms with Crippen molar-refractivity contribution in [3.63, 3.8) is 0 Å². The number of Topliss-reactive ketones (excluding diaryl/α,β-unsaturated/α-hetero) is 1. The molecule has 0 bridgehead atoms. The number of benzene rings is 2. The number of nitrogens with zero attached hydrogens (tertiary/aromatic N) is 1. The number of hydrogen-bond acceptors (Lipinski definition) is 5. The summed E-state index contributed by atoms with van der Waals surface area (Å²) in [6, 6.07) is 19.7. The van der Waals surface area contributed by atoms with Crippen LogP contribution in [0.5, 0.6) is 5.75 Å². The van der Waals surface area contributed by atoms with Crippen LogP contribution in [-0.2, 0) is 11.2 Å². The van der Waals surface area contributed by atoms with Crippen molar-refractivity contribution in [1.29, 1.82) is 0 Å². The lowest BCUT2D eigenvalue weighted by Crippen LogP contribution is -2.33. The van der Waals surface area contributed by atoms with Gasteiger partial charge in [-0.2, -0.15) is 0 Å². The highest BCUT2D eigenvalue weighted by molar-refractivity contribution is 6.15. The number of carbonyl (C=O) groups is 2. The molecule has 2 aromatic carbocycles. The van der Waals surface area contributed by atoms with Crippen LogP contribution in [0.4, 0.5) is 0 Å². The van der Waals surface area contributed by atoms with E-state index >= 15 is 0 Å². The van der Waals surface area contributed by atoms with E-state index in [2.05, 4.69) is 6.92 Å². The second-order valence-electron chi connectivity index (χ2n) is 8.76. The maximum Gasteiger partial charge on any atom is 0.290 e. The number of ether oxygens (including phenoxy) is 1. The van der Waals surface area contributed by atoms with E-state index in [1.165, 1.54) is 0 Å². The first-order valence-corrected chi connectivity index (χ1v) is 12.1. The number of amides is 1. The van der Waals surface area contributed by atoms with Gasteiger partial charge >= 0.3 is 0 Å². The predicted molar refractivity (Wildman–Crippen MR) is 133 cm³/mol. The van der Waals surface area contributed by atoms with Gasteiger partial charge < -0.3 is 19.2 Å². The Morgan fingerprint density at radius 2 is 1.77 bits per heavy atom. The van der Waals surface area contributed by atoms with Gasteiger partial charge in [0, 0.05) is 6.54 Å². The molecule has 0 aliphatic carbocycles. The van der Waals surface area contributed by atoms with Crippen molar-refractivity contribution in [3.8, 4) is 5.75 Å². The number of carbonyl (C=O) groups excluding carboxylic acids is 2. The molecule has 3 aromatic rings. The number of hydrogen-bond donors (Lipinski definition) is 1. The molecule has 0 spiro atoms. The average molecular weight is 474 g/mol. The van der Waals surface area contributed by atoms with Crippen LogP contribution in [0.15, 0.2) is 82.5 Å². The molecule has 2 heterocycles. The molecular weight excluding hydrogens is 442 g/mol. The van der Waals surface area contributed by atoms with Gasteiger partial charge in [0.05, 0.1) is 18.2 Å². The van der Waals surface area contributed by atoms with Gasteiger partial charge in [-0.05, 0) is 55.2 Å². The number of furan rings is 1. The third kappa shape index (κ3) is 5.48. The van der Waals surface area contributed by atoms with E-state index in [0.29, 0.717) is 25.3 Å². The summed E-state index contributed by atoms with van der Waals surface area (Å²) in [7, 11) is 0. The van der Waals surface area contributed by atoms with Crippen molar-refractivity contribution in [2.24, 2.45) is 0 Å². The summed E-state index contributed by atoms with van der Waals surface area (Å²) < 4.78 is 11.4. The van der Waals surface area contributed by atoms with Crippen molar-refractivity contribution in [2.45, 2.75) is 45.6 Å². The zero-order valence-electron chi connectivity index (χ0n) is 20.2. The molecule has 1 atom stereocenters. The van der Waals surface area contributed by atoms with Crippen LogP contribution >= 0.6 is 0 Å². The largest absolute Gasteiger partial charge is 0.503 e. The molecular formula is C29H31NO5. The number of aliphatic hydroxyl groups excluding tert-OH is 1. The molecule has 4 rings (SSSR count). The lowest BCUT2D eigenvalue weighted by molar-refractivity contribution is -0.129. The molecule has 0 radical (unpaired) electrons. The lowest BCUT2D eigenvalue weighted by Gasteiger charge is -2.27. The van der Waals surface area contributed by atoms with Crippen molar-refractivity contribution in [1.82, 2.24) is 4.90 Å². The minimum Gasteiger partial charge on any atom is -0.503 e. The van der Waals surface area contributed by atoms with E-state index in [1.54, 1.807) is 24.0 Å². The zero-order valence-corrected chi connectivity index (χ0v) is 20.2. The maximum atomic E-state index is 13.4. The van der Waals surface area contributed by atoms with Crippen LogP contribution in [0.3, 0.4) is 0 Å². The Morgan fingerprint density at radius 1 is 1.03 bits per heavy atom. The Labute approximate surface area is 205 Å². The fourth-order valence-corrected chi connectivity index (χ4v) is 4.33. The maximum absolute atomic E-state index is 13.4. The standard InChI is InChI=1S/C29H31NO5/c1-3-4-8-19-34-23-14-12-22(13-15-23)26-25(27(31)24-16-11-20(2)35-24)28(32)29(33)30(26)18-17-21-9-6-5-7-10-21/h5-7,9-16,26,32H,3-4,8,17-19H2,1-2H3. The number of rotatable bonds is 11. The summed E-state index contributed by atoms with van der Waals surface area (Å²) >= 11 is 0. The summed E-state index contributed by atoms with van der Waals surface area (Å²) in [5, 5.41) is 10.8. The van der Waals surface area contributed by atoms with E-state index in [0.717, 1.165) is 36.1 Å². The first-order valence-electron chi connectivity index (χ1n) is 12.1. The van der Waals surface area contributed by atoms with E-state index in [9.17, 15) is 14.7 Å². The van der Waals surface area contributed by atoms with Crippen LogP contribution in [0.1, 0.15) is 59.7 Å². The highest BCUT2D eigenvalue weighted by Crippen LogP contribution is 2.39. The Balaban J connectivity index is 1.62. The summed E-state index contributed by atoms with van der Waals surface area (Å²) in [4.78, 5) is 28.1. The van der Waals surface area contributed by atoms with E-state index in [1.807, 2.05) is 54.6 Å². The van der Waals surface area contributed by atoms with Crippen molar-refractivity contribution in [2.75, 3.05) is 13.2 Å².